The molecule has 0 aromatic carbocycles. The van der Waals surface area contributed by atoms with Gasteiger partial charge in [-0.2, -0.15) is 0 Å². The predicted octanol–water partition coefficient (Wildman–Crippen LogP) is 6.13. The van der Waals surface area contributed by atoms with Crippen molar-refractivity contribution < 1.29 is 14.9 Å². The SMILES string of the molecule is C.CCC(O)C(O)C(C)C.CCCC1OC1(C)C.CCCC=C(C)C. The third kappa shape index (κ3) is 16.8. The number of unbranched alkanes of at least 4 members (excludes halogenated alkanes) is 1. The molecule has 0 bridgehead atoms. The second-order valence-electron chi connectivity index (χ2n) is 7.78. The Bertz CT molecular complexity index is 317. The molecule has 0 amide bonds. The molecule has 154 valence electrons. The first kappa shape index (κ1) is 29.4. The molecule has 1 aliphatic heterocycles. The Hall–Kier alpha value is -0.380. The minimum absolute atomic E-state index is 0. The number of epoxide rings is 1. The molecule has 1 heterocycles. The number of hydrogen-bond acceptors (Lipinski definition) is 3. The van der Waals surface area contributed by atoms with Crippen molar-refractivity contribution in [1.82, 2.24) is 0 Å². The maximum absolute atomic E-state index is 9.14. The molecule has 3 unspecified atom stereocenters. The van der Waals surface area contributed by atoms with E-state index in [1.165, 1.54) is 31.3 Å². The van der Waals surface area contributed by atoms with Crippen LogP contribution in [0.4, 0.5) is 0 Å². The van der Waals surface area contributed by atoms with Gasteiger partial charge in [0.05, 0.1) is 23.9 Å². The number of rotatable bonds is 7. The first-order valence-electron chi connectivity index (χ1n) is 9.70. The summed E-state index contributed by atoms with van der Waals surface area (Å²) in [6, 6.07) is 0. The molecule has 2 N–H and O–H groups in total. The van der Waals surface area contributed by atoms with E-state index in [0.29, 0.717) is 12.5 Å². The predicted molar refractivity (Wildman–Crippen MR) is 112 cm³/mol. The smallest absolute Gasteiger partial charge is 0.0892 e. The van der Waals surface area contributed by atoms with Gasteiger partial charge in [-0.05, 0) is 52.9 Å². The third-order valence-corrected chi connectivity index (χ3v) is 4.05. The fourth-order valence-electron chi connectivity index (χ4n) is 2.12. The van der Waals surface area contributed by atoms with Gasteiger partial charge in [0.15, 0.2) is 0 Å². The van der Waals surface area contributed by atoms with Crippen LogP contribution in [0.5, 0.6) is 0 Å². The number of aliphatic hydroxyl groups is 2. The largest absolute Gasteiger partial charge is 0.390 e. The molecule has 3 heteroatoms. The molecular weight excluding hydrogens is 312 g/mol. The molecule has 1 rings (SSSR count). The number of allylic oxidation sites excluding steroid dienone is 2. The Balaban J connectivity index is -0.000000287. The quantitative estimate of drug-likeness (QED) is 0.424. The molecule has 1 saturated heterocycles. The van der Waals surface area contributed by atoms with E-state index < -0.39 is 12.2 Å². The highest BCUT2D eigenvalue weighted by atomic mass is 16.6. The van der Waals surface area contributed by atoms with Crippen molar-refractivity contribution in [3.05, 3.63) is 11.6 Å². The molecule has 3 nitrogen and oxygen atoms in total. The van der Waals surface area contributed by atoms with Crippen LogP contribution < -0.4 is 0 Å². The molecule has 0 radical (unpaired) electrons. The van der Waals surface area contributed by atoms with Crippen LogP contribution in [0.1, 0.15) is 102 Å². The monoisotopic (exact) mass is 360 g/mol. The summed E-state index contributed by atoms with van der Waals surface area (Å²) >= 11 is 0. The lowest BCUT2D eigenvalue weighted by Gasteiger charge is -2.18. The minimum Gasteiger partial charge on any atom is -0.390 e. The van der Waals surface area contributed by atoms with Crippen LogP contribution in [0.25, 0.3) is 0 Å². The summed E-state index contributed by atoms with van der Waals surface area (Å²) < 4.78 is 5.34. The highest BCUT2D eigenvalue weighted by Crippen LogP contribution is 2.37. The zero-order valence-electron chi connectivity index (χ0n) is 17.7. The summed E-state index contributed by atoms with van der Waals surface area (Å²) in [6.07, 6.45) is 7.32. The number of ether oxygens (including phenoxy) is 1. The van der Waals surface area contributed by atoms with Gasteiger partial charge in [0, 0.05) is 0 Å². The molecule has 25 heavy (non-hydrogen) atoms. The zero-order chi connectivity index (χ0) is 19.3. The van der Waals surface area contributed by atoms with Gasteiger partial charge in [-0.3, -0.25) is 0 Å². The molecule has 0 aliphatic carbocycles. The molecule has 3 atom stereocenters. The topological polar surface area (TPSA) is 53.0 Å². The van der Waals surface area contributed by atoms with Gasteiger partial charge in [-0.25, -0.2) is 0 Å². The Labute approximate surface area is 158 Å². The summed E-state index contributed by atoms with van der Waals surface area (Å²) in [6.45, 7) is 18.6. The summed E-state index contributed by atoms with van der Waals surface area (Å²) in [5.74, 6) is 0.153. The number of aliphatic hydroxyl groups excluding tert-OH is 2. The molecule has 0 aromatic heterocycles. The average molecular weight is 361 g/mol. The van der Waals surface area contributed by atoms with Gasteiger partial charge in [-0.15, -0.1) is 0 Å². The zero-order valence-corrected chi connectivity index (χ0v) is 17.7. The van der Waals surface area contributed by atoms with Crippen molar-refractivity contribution in [2.75, 3.05) is 0 Å². The van der Waals surface area contributed by atoms with E-state index in [2.05, 4.69) is 47.6 Å². The van der Waals surface area contributed by atoms with Crippen molar-refractivity contribution in [3.63, 3.8) is 0 Å². The summed E-state index contributed by atoms with van der Waals surface area (Å²) in [7, 11) is 0. The maximum Gasteiger partial charge on any atom is 0.0892 e. The Kier molecular flexibility index (Phi) is 18.6. The van der Waals surface area contributed by atoms with Crippen molar-refractivity contribution in [3.8, 4) is 0 Å². The van der Waals surface area contributed by atoms with E-state index in [4.69, 9.17) is 14.9 Å². The lowest BCUT2D eigenvalue weighted by molar-refractivity contribution is -0.00946. The molecule has 1 fully saturated rings. The van der Waals surface area contributed by atoms with Crippen molar-refractivity contribution in [2.45, 2.75) is 126 Å². The molecule has 0 saturated carbocycles. The number of hydrogen-bond donors (Lipinski definition) is 2. The van der Waals surface area contributed by atoms with Crippen LogP contribution in [0.15, 0.2) is 11.6 Å². The van der Waals surface area contributed by atoms with E-state index in [0.717, 1.165) is 0 Å². The molecule has 0 spiro atoms. The van der Waals surface area contributed by atoms with Gasteiger partial charge in [0.25, 0.3) is 0 Å². The van der Waals surface area contributed by atoms with Crippen molar-refractivity contribution >= 4 is 0 Å². The van der Waals surface area contributed by atoms with E-state index in [1.54, 1.807) is 0 Å². The summed E-state index contributed by atoms with van der Waals surface area (Å²) in [5, 5.41) is 18.2. The fourth-order valence-corrected chi connectivity index (χ4v) is 2.12. The fraction of sp³-hybridized carbons (Fsp3) is 0.909. The van der Waals surface area contributed by atoms with Crippen LogP contribution in [-0.2, 0) is 4.74 Å². The van der Waals surface area contributed by atoms with Crippen LogP contribution in [0.2, 0.25) is 0 Å². The standard InChI is InChI=1S/C7H16O2.C7H14O.C7H14.CH4/c1-4-6(8)7(9)5(2)3;1-4-5-6-7(2,3)8-6;1-4-5-6-7(2)3;/h5-9H,4H2,1-3H3;6H,4-5H2,1-3H3;6H,4-5H2,1-3H3;1H4. The second-order valence-corrected chi connectivity index (χ2v) is 7.78. The Morgan fingerprint density at radius 1 is 1.08 bits per heavy atom. The van der Waals surface area contributed by atoms with Crippen molar-refractivity contribution in [2.24, 2.45) is 5.92 Å². The second kappa shape index (κ2) is 15.8. The van der Waals surface area contributed by atoms with Crippen LogP contribution >= 0.6 is 0 Å². The van der Waals surface area contributed by atoms with E-state index in [1.807, 2.05) is 20.8 Å². The first-order chi connectivity index (χ1) is 11.0. The third-order valence-electron chi connectivity index (χ3n) is 4.05. The average Bonchev–Trinajstić information content (AvgIpc) is 3.11. The van der Waals surface area contributed by atoms with E-state index >= 15 is 0 Å². The van der Waals surface area contributed by atoms with Crippen LogP contribution in [0.3, 0.4) is 0 Å². The van der Waals surface area contributed by atoms with Gasteiger partial charge < -0.3 is 14.9 Å². The summed E-state index contributed by atoms with van der Waals surface area (Å²) in [5.41, 5.74) is 1.65. The van der Waals surface area contributed by atoms with Crippen LogP contribution in [0, 0.1) is 5.92 Å². The molecular formula is C22H48O3. The molecule has 1 aliphatic rings. The van der Waals surface area contributed by atoms with E-state index in [-0.39, 0.29) is 18.9 Å². The van der Waals surface area contributed by atoms with Gasteiger partial charge in [-0.1, -0.05) is 66.5 Å². The normalized spacial score (nSPS) is 19.3. The Morgan fingerprint density at radius 2 is 1.56 bits per heavy atom. The van der Waals surface area contributed by atoms with Gasteiger partial charge >= 0.3 is 0 Å². The van der Waals surface area contributed by atoms with Crippen molar-refractivity contribution in [1.29, 1.82) is 0 Å². The Morgan fingerprint density at radius 3 is 1.68 bits per heavy atom. The lowest BCUT2D eigenvalue weighted by atomic mass is 10.0. The lowest BCUT2D eigenvalue weighted by Crippen LogP contribution is -2.29. The van der Waals surface area contributed by atoms with Gasteiger partial charge in [0.2, 0.25) is 0 Å². The highest BCUT2D eigenvalue weighted by molar-refractivity contribution is 4.94. The highest BCUT2D eigenvalue weighted by Gasteiger charge is 2.46. The summed E-state index contributed by atoms with van der Waals surface area (Å²) in [4.78, 5) is 0. The maximum atomic E-state index is 9.14. The molecule has 0 aromatic rings. The van der Waals surface area contributed by atoms with Crippen LogP contribution in [-0.4, -0.2) is 34.1 Å². The minimum atomic E-state index is -0.560. The van der Waals surface area contributed by atoms with Gasteiger partial charge in [0.1, 0.15) is 0 Å². The van der Waals surface area contributed by atoms with E-state index in [9.17, 15) is 0 Å². The first-order valence-corrected chi connectivity index (χ1v) is 9.70.